The van der Waals surface area contributed by atoms with Gasteiger partial charge in [0.15, 0.2) is 0 Å². The van der Waals surface area contributed by atoms with Crippen molar-refractivity contribution >= 4 is 23.2 Å². The molecule has 1 heterocycles. The molecule has 0 bridgehead atoms. The van der Waals surface area contributed by atoms with Gasteiger partial charge in [-0.25, -0.2) is 0 Å². The summed E-state index contributed by atoms with van der Waals surface area (Å²) in [5, 5.41) is 4.93. The van der Waals surface area contributed by atoms with Crippen molar-refractivity contribution in [1.29, 1.82) is 0 Å². The molecule has 19 heavy (non-hydrogen) atoms. The Morgan fingerprint density at radius 1 is 1.05 bits per heavy atom. The molecule has 0 radical (unpaired) electrons. The lowest BCUT2D eigenvalue weighted by atomic mass is 9.76. The van der Waals surface area contributed by atoms with Gasteiger partial charge in [-0.2, -0.15) is 0 Å². The Labute approximate surface area is 125 Å². The smallest absolute Gasteiger partial charge is 0.0424 e. The van der Waals surface area contributed by atoms with Crippen molar-refractivity contribution in [2.24, 2.45) is 5.92 Å². The van der Waals surface area contributed by atoms with Crippen molar-refractivity contribution in [2.75, 3.05) is 26.2 Å². The van der Waals surface area contributed by atoms with Gasteiger partial charge in [0.2, 0.25) is 0 Å². The fourth-order valence-corrected chi connectivity index (χ4v) is 3.79. The minimum absolute atomic E-state index is 0.493. The van der Waals surface area contributed by atoms with Gasteiger partial charge in [0.1, 0.15) is 0 Å². The molecule has 1 atom stereocenters. The molecule has 1 saturated carbocycles. The summed E-state index contributed by atoms with van der Waals surface area (Å²) in [6, 6.07) is 6.51. The average Bonchev–Trinajstić information content (AvgIpc) is 2.33. The van der Waals surface area contributed by atoms with E-state index in [0.717, 1.165) is 42.1 Å². The van der Waals surface area contributed by atoms with Gasteiger partial charge in [-0.05, 0) is 42.5 Å². The second-order valence-corrected chi connectivity index (χ2v) is 6.50. The molecule has 1 saturated heterocycles. The van der Waals surface area contributed by atoms with Gasteiger partial charge in [0.05, 0.1) is 0 Å². The fraction of sp³-hybridized carbons (Fsp3) is 0.600. The first-order chi connectivity index (χ1) is 9.24. The summed E-state index contributed by atoms with van der Waals surface area (Å²) in [5.74, 6) is 0.771. The first-order valence-electron chi connectivity index (χ1n) is 7.15. The molecule has 1 aliphatic heterocycles. The molecule has 1 N–H and O–H groups in total. The van der Waals surface area contributed by atoms with Gasteiger partial charge in [-0.1, -0.05) is 29.6 Å². The van der Waals surface area contributed by atoms with Crippen molar-refractivity contribution in [3.05, 3.63) is 33.8 Å². The number of nitrogens with zero attached hydrogens (tertiary/aromatic N) is 1. The van der Waals surface area contributed by atoms with Crippen LogP contribution in [0.5, 0.6) is 0 Å². The van der Waals surface area contributed by atoms with Crippen molar-refractivity contribution in [3.8, 4) is 0 Å². The maximum absolute atomic E-state index is 6.18. The van der Waals surface area contributed by atoms with E-state index in [0.29, 0.717) is 6.04 Å². The average molecular weight is 299 g/mol. The third kappa shape index (κ3) is 3.08. The highest BCUT2D eigenvalue weighted by Gasteiger charge is 2.33. The zero-order valence-electron chi connectivity index (χ0n) is 11.0. The molecular weight excluding hydrogens is 279 g/mol. The zero-order chi connectivity index (χ0) is 13.2. The highest BCUT2D eigenvalue weighted by molar-refractivity contribution is 6.34. The van der Waals surface area contributed by atoms with Crippen LogP contribution in [0.4, 0.5) is 0 Å². The largest absolute Gasteiger partial charge is 0.314 e. The molecule has 1 aromatic carbocycles. The number of rotatable bonds is 3. The Morgan fingerprint density at radius 3 is 2.21 bits per heavy atom. The Kier molecular flexibility index (Phi) is 4.33. The number of piperazine rings is 1. The van der Waals surface area contributed by atoms with Gasteiger partial charge in [0, 0.05) is 42.3 Å². The summed E-state index contributed by atoms with van der Waals surface area (Å²) >= 11 is 12.4. The normalized spacial score (nSPS) is 23.1. The zero-order valence-corrected chi connectivity index (χ0v) is 12.6. The van der Waals surface area contributed by atoms with Crippen LogP contribution in [0.3, 0.4) is 0 Å². The van der Waals surface area contributed by atoms with Crippen LogP contribution in [0.1, 0.15) is 30.9 Å². The highest BCUT2D eigenvalue weighted by atomic mass is 35.5. The second kappa shape index (κ2) is 6.01. The minimum Gasteiger partial charge on any atom is -0.314 e. The Morgan fingerprint density at radius 2 is 1.68 bits per heavy atom. The molecular formula is C15H20Cl2N2. The predicted octanol–water partition coefficient (Wildman–Crippen LogP) is 3.74. The van der Waals surface area contributed by atoms with Crippen LogP contribution in [-0.4, -0.2) is 31.1 Å². The monoisotopic (exact) mass is 298 g/mol. The van der Waals surface area contributed by atoms with Crippen molar-refractivity contribution in [2.45, 2.75) is 25.3 Å². The molecule has 1 aliphatic carbocycles. The Balaban J connectivity index is 1.88. The molecule has 3 rings (SSSR count). The molecule has 2 fully saturated rings. The van der Waals surface area contributed by atoms with Gasteiger partial charge < -0.3 is 5.32 Å². The van der Waals surface area contributed by atoms with Crippen molar-refractivity contribution < 1.29 is 0 Å². The Bertz CT molecular complexity index is 420. The summed E-state index contributed by atoms with van der Waals surface area (Å²) in [4.78, 5) is 2.60. The summed E-state index contributed by atoms with van der Waals surface area (Å²) in [7, 11) is 0. The van der Waals surface area contributed by atoms with Crippen LogP contribution >= 0.6 is 23.2 Å². The van der Waals surface area contributed by atoms with Crippen LogP contribution < -0.4 is 5.32 Å². The fourth-order valence-electron chi connectivity index (χ4n) is 3.24. The predicted molar refractivity (Wildman–Crippen MR) is 81.0 cm³/mol. The van der Waals surface area contributed by atoms with E-state index in [1.165, 1.54) is 24.8 Å². The first-order valence-corrected chi connectivity index (χ1v) is 7.90. The maximum atomic E-state index is 6.18. The summed E-state index contributed by atoms with van der Waals surface area (Å²) in [6.07, 6.45) is 4.03. The van der Waals surface area contributed by atoms with E-state index in [4.69, 9.17) is 23.2 Å². The lowest BCUT2D eigenvalue weighted by Gasteiger charge is -2.43. The SMILES string of the molecule is Clc1cc(Cl)cc([C@H](C2CCC2)N2CCNCC2)c1. The number of benzene rings is 1. The number of hydrogen-bond donors (Lipinski definition) is 1. The van der Waals surface area contributed by atoms with Crippen LogP contribution in [0.25, 0.3) is 0 Å². The summed E-state index contributed by atoms with van der Waals surface area (Å²) < 4.78 is 0. The van der Waals surface area contributed by atoms with Crippen molar-refractivity contribution in [3.63, 3.8) is 0 Å². The van der Waals surface area contributed by atoms with E-state index in [2.05, 4.69) is 22.3 Å². The standard InChI is InChI=1S/C15H20Cl2N2/c16-13-8-12(9-14(17)10-13)15(11-2-1-3-11)19-6-4-18-5-7-19/h8-11,15,18H,1-7H2/t15-/m0/s1. The van der Waals surface area contributed by atoms with E-state index in [1.54, 1.807) is 0 Å². The third-order valence-electron chi connectivity index (χ3n) is 4.37. The van der Waals surface area contributed by atoms with Crippen LogP contribution in [-0.2, 0) is 0 Å². The molecule has 0 spiro atoms. The quantitative estimate of drug-likeness (QED) is 0.914. The first kappa shape index (κ1) is 13.7. The molecule has 2 aliphatic rings. The molecule has 1 aromatic rings. The third-order valence-corrected chi connectivity index (χ3v) is 4.80. The molecule has 2 nitrogen and oxygen atoms in total. The summed E-state index contributed by atoms with van der Waals surface area (Å²) in [5.41, 5.74) is 1.30. The van der Waals surface area contributed by atoms with E-state index in [-0.39, 0.29) is 0 Å². The van der Waals surface area contributed by atoms with E-state index < -0.39 is 0 Å². The second-order valence-electron chi connectivity index (χ2n) is 5.62. The van der Waals surface area contributed by atoms with Gasteiger partial charge in [0.25, 0.3) is 0 Å². The van der Waals surface area contributed by atoms with Gasteiger partial charge >= 0.3 is 0 Å². The van der Waals surface area contributed by atoms with E-state index >= 15 is 0 Å². The topological polar surface area (TPSA) is 15.3 Å². The van der Waals surface area contributed by atoms with Crippen LogP contribution in [0, 0.1) is 5.92 Å². The van der Waals surface area contributed by atoms with E-state index in [1.807, 2.05) is 6.07 Å². The molecule has 4 heteroatoms. The lowest BCUT2D eigenvalue weighted by Crippen LogP contribution is -2.47. The highest BCUT2D eigenvalue weighted by Crippen LogP contribution is 2.42. The maximum Gasteiger partial charge on any atom is 0.0424 e. The minimum atomic E-state index is 0.493. The van der Waals surface area contributed by atoms with E-state index in [9.17, 15) is 0 Å². The van der Waals surface area contributed by atoms with Crippen molar-refractivity contribution in [1.82, 2.24) is 10.2 Å². The van der Waals surface area contributed by atoms with Gasteiger partial charge in [-0.3, -0.25) is 4.90 Å². The Hall–Kier alpha value is -0.280. The molecule has 104 valence electrons. The molecule has 0 unspecified atom stereocenters. The van der Waals surface area contributed by atoms with Crippen LogP contribution in [0.2, 0.25) is 10.0 Å². The molecule has 0 aromatic heterocycles. The van der Waals surface area contributed by atoms with Crippen LogP contribution in [0.15, 0.2) is 18.2 Å². The number of nitrogens with one attached hydrogen (secondary N) is 1. The molecule has 0 amide bonds. The van der Waals surface area contributed by atoms with Gasteiger partial charge in [-0.15, -0.1) is 0 Å². The number of hydrogen-bond acceptors (Lipinski definition) is 2. The number of halogens is 2. The summed E-state index contributed by atoms with van der Waals surface area (Å²) in [6.45, 7) is 4.39. The lowest BCUT2D eigenvalue weighted by molar-refractivity contribution is 0.0837.